The lowest BCUT2D eigenvalue weighted by Crippen LogP contribution is -2.19. The predicted octanol–water partition coefficient (Wildman–Crippen LogP) is 3.26. The average Bonchev–Trinajstić information content (AvgIpc) is 3.13. The van der Waals surface area contributed by atoms with Crippen LogP contribution in [-0.2, 0) is 6.42 Å². The van der Waals surface area contributed by atoms with Gasteiger partial charge in [-0.15, -0.1) is 0 Å². The number of methoxy groups -OCH3 is 3. The lowest BCUT2D eigenvalue weighted by Gasteiger charge is -2.18. The van der Waals surface area contributed by atoms with Crippen LogP contribution >= 0.6 is 0 Å². The Morgan fingerprint density at radius 2 is 1.90 bits per heavy atom. The Morgan fingerprint density at radius 3 is 2.48 bits per heavy atom. The van der Waals surface area contributed by atoms with Crippen LogP contribution in [0.5, 0.6) is 17.2 Å². The molecule has 0 saturated carbocycles. The smallest absolute Gasteiger partial charge is 0.327 e. The summed E-state index contributed by atoms with van der Waals surface area (Å²) in [6, 6.07) is 6.91. The highest BCUT2D eigenvalue weighted by atomic mass is 16.6. The Bertz CT molecular complexity index is 960. The largest absolute Gasteiger partial charge is 0.493 e. The minimum absolute atomic E-state index is 0.0503. The third-order valence-electron chi connectivity index (χ3n) is 4.95. The van der Waals surface area contributed by atoms with E-state index in [4.69, 9.17) is 14.2 Å². The molecule has 0 saturated heterocycles. The van der Waals surface area contributed by atoms with E-state index in [2.05, 4.69) is 17.1 Å². The van der Waals surface area contributed by atoms with Gasteiger partial charge in [0, 0.05) is 30.5 Å². The monoisotopic (exact) mass is 401 g/mol. The standard InChI is InChI=1S/C20H23N3O6/c1-5-22-9-8-12-6-7-13(10-15(12)22)21-20(24)14-11-16(27-2)18(28-3)19(29-4)17(14)23(25)26/h6-7,10-11H,5,8-9H2,1-4H3,(H,21,24). The Morgan fingerprint density at radius 1 is 1.17 bits per heavy atom. The molecule has 0 spiro atoms. The maximum absolute atomic E-state index is 12.9. The van der Waals surface area contributed by atoms with Crippen LogP contribution in [0.25, 0.3) is 0 Å². The van der Waals surface area contributed by atoms with Crippen molar-refractivity contribution >= 4 is 23.0 Å². The number of nitrogens with zero attached hydrogens (tertiary/aromatic N) is 2. The van der Waals surface area contributed by atoms with Crippen LogP contribution in [0, 0.1) is 10.1 Å². The fraction of sp³-hybridized carbons (Fsp3) is 0.350. The van der Waals surface area contributed by atoms with Crippen LogP contribution in [-0.4, -0.2) is 45.2 Å². The molecule has 0 bridgehead atoms. The Hall–Kier alpha value is -3.49. The number of nitro benzene ring substituents is 1. The van der Waals surface area contributed by atoms with E-state index in [0.29, 0.717) is 5.69 Å². The number of carbonyl (C=O) groups excluding carboxylic acids is 1. The third-order valence-corrected chi connectivity index (χ3v) is 4.95. The number of benzene rings is 2. The van der Waals surface area contributed by atoms with Crippen molar-refractivity contribution in [3.8, 4) is 17.2 Å². The van der Waals surface area contributed by atoms with Gasteiger partial charge in [0.1, 0.15) is 5.56 Å². The number of amides is 1. The van der Waals surface area contributed by atoms with Crippen molar-refractivity contribution < 1.29 is 23.9 Å². The van der Waals surface area contributed by atoms with E-state index in [1.807, 2.05) is 12.1 Å². The van der Waals surface area contributed by atoms with Gasteiger partial charge in [-0.1, -0.05) is 6.07 Å². The van der Waals surface area contributed by atoms with Gasteiger partial charge in [-0.05, 0) is 31.0 Å². The number of ether oxygens (including phenoxy) is 3. The number of nitro groups is 1. The lowest BCUT2D eigenvalue weighted by atomic mass is 10.1. The Kier molecular flexibility index (Phi) is 5.76. The molecule has 0 atom stereocenters. The summed E-state index contributed by atoms with van der Waals surface area (Å²) in [7, 11) is 3.99. The highest BCUT2D eigenvalue weighted by molar-refractivity contribution is 6.08. The number of hydrogen-bond donors (Lipinski definition) is 1. The van der Waals surface area contributed by atoms with E-state index in [9.17, 15) is 14.9 Å². The summed E-state index contributed by atoms with van der Waals surface area (Å²) in [5, 5.41) is 14.4. The normalized spacial score (nSPS) is 12.3. The summed E-state index contributed by atoms with van der Waals surface area (Å²) in [6.07, 6.45) is 0.954. The van der Waals surface area contributed by atoms with Crippen LogP contribution < -0.4 is 24.4 Å². The van der Waals surface area contributed by atoms with Gasteiger partial charge in [0.25, 0.3) is 5.91 Å². The first-order chi connectivity index (χ1) is 13.9. The second kappa shape index (κ2) is 8.26. The van der Waals surface area contributed by atoms with Crippen LogP contribution in [0.15, 0.2) is 24.3 Å². The van der Waals surface area contributed by atoms with Crippen LogP contribution in [0.4, 0.5) is 17.1 Å². The van der Waals surface area contributed by atoms with Crippen molar-refractivity contribution in [2.75, 3.05) is 44.6 Å². The fourth-order valence-electron chi connectivity index (χ4n) is 3.55. The van der Waals surface area contributed by atoms with Gasteiger partial charge in [-0.3, -0.25) is 14.9 Å². The molecule has 0 fully saturated rings. The molecule has 9 nitrogen and oxygen atoms in total. The van der Waals surface area contributed by atoms with Gasteiger partial charge in [0.05, 0.1) is 26.3 Å². The molecule has 3 rings (SSSR count). The molecule has 0 aliphatic carbocycles. The molecule has 0 aromatic heterocycles. The average molecular weight is 401 g/mol. The van der Waals surface area contributed by atoms with E-state index < -0.39 is 16.5 Å². The van der Waals surface area contributed by atoms with Crippen molar-refractivity contribution in [3.05, 3.63) is 45.5 Å². The molecule has 1 heterocycles. The molecule has 1 N–H and O–H groups in total. The second-order valence-electron chi connectivity index (χ2n) is 6.43. The highest BCUT2D eigenvalue weighted by Gasteiger charge is 2.32. The molecular formula is C20H23N3O6. The van der Waals surface area contributed by atoms with Crippen LogP contribution in [0.1, 0.15) is 22.8 Å². The van der Waals surface area contributed by atoms with E-state index >= 15 is 0 Å². The number of anilines is 2. The fourth-order valence-corrected chi connectivity index (χ4v) is 3.55. The summed E-state index contributed by atoms with van der Waals surface area (Å²) in [4.78, 5) is 26.2. The molecule has 1 amide bonds. The zero-order valence-electron chi connectivity index (χ0n) is 16.8. The van der Waals surface area contributed by atoms with E-state index in [-0.39, 0.29) is 22.8 Å². The zero-order chi connectivity index (χ0) is 21.1. The molecule has 2 aromatic carbocycles. The molecule has 29 heavy (non-hydrogen) atoms. The molecule has 0 unspecified atom stereocenters. The van der Waals surface area contributed by atoms with Gasteiger partial charge < -0.3 is 24.4 Å². The molecule has 1 aliphatic rings. The first kappa shape index (κ1) is 20.2. The lowest BCUT2D eigenvalue weighted by molar-refractivity contribution is -0.386. The molecular weight excluding hydrogens is 378 g/mol. The summed E-state index contributed by atoms with van der Waals surface area (Å²) < 4.78 is 15.6. The first-order valence-electron chi connectivity index (χ1n) is 9.11. The van der Waals surface area contributed by atoms with E-state index in [0.717, 1.165) is 25.2 Å². The molecule has 1 aliphatic heterocycles. The first-order valence-corrected chi connectivity index (χ1v) is 9.11. The van der Waals surface area contributed by atoms with Crippen LogP contribution in [0.3, 0.4) is 0 Å². The van der Waals surface area contributed by atoms with Crippen molar-refractivity contribution in [1.82, 2.24) is 0 Å². The summed E-state index contributed by atoms with van der Waals surface area (Å²) in [5.41, 5.74) is 2.15. The SMILES string of the molecule is CCN1CCc2ccc(NC(=O)c3cc(OC)c(OC)c(OC)c3[N+](=O)[O-])cc21. The van der Waals surface area contributed by atoms with Gasteiger partial charge in [0.2, 0.25) is 11.5 Å². The Balaban J connectivity index is 2.02. The maximum Gasteiger partial charge on any atom is 0.327 e. The van der Waals surface area contributed by atoms with E-state index in [1.54, 1.807) is 6.07 Å². The van der Waals surface area contributed by atoms with Crippen molar-refractivity contribution in [2.45, 2.75) is 13.3 Å². The Labute approximate surface area is 168 Å². The third kappa shape index (κ3) is 3.63. The van der Waals surface area contributed by atoms with Crippen LogP contribution in [0.2, 0.25) is 0 Å². The minimum atomic E-state index is -0.669. The number of rotatable bonds is 7. The molecule has 0 radical (unpaired) electrons. The number of nitrogens with one attached hydrogen (secondary N) is 1. The number of likely N-dealkylation sites (N-methyl/N-ethyl adjacent to an activating group) is 1. The number of fused-ring (bicyclic) bond motifs is 1. The van der Waals surface area contributed by atoms with Crippen molar-refractivity contribution in [2.24, 2.45) is 0 Å². The maximum atomic E-state index is 12.9. The van der Waals surface area contributed by atoms with Gasteiger partial charge in [-0.2, -0.15) is 0 Å². The second-order valence-corrected chi connectivity index (χ2v) is 6.43. The predicted molar refractivity (Wildman–Crippen MR) is 109 cm³/mol. The minimum Gasteiger partial charge on any atom is -0.493 e. The quantitative estimate of drug-likeness (QED) is 0.561. The number of carbonyl (C=O) groups is 1. The van der Waals surface area contributed by atoms with E-state index in [1.165, 1.54) is 33.0 Å². The topological polar surface area (TPSA) is 103 Å². The zero-order valence-corrected chi connectivity index (χ0v) is 16.8. The molecule has 154 valence electrons. The van der Waals surface area contributed by atoms with Crippen molar-refractivity contribution in [1.29, 1.82) is 0 Å². The van der Waals surface area contributed by atoms with Crippen molar-refractivity contribution in [3.63, 3.8) is 0 Å². The highest BCUT2D eigenvalue weighted by Crippen LogP contribution is 2.46. The van der Waals surface area contributed by atoms with Gasteiger partial charge in [-0.25, -0.2) is 0 Å². The van der Waals surface area contributed by atoms with Gasteiger partial charge >= 0.3 is 5.69 Å². The van der Waals surface area contributed by atoms with Gasteiger partial charge in [0.15, 0.2) is 5.75 Å². The molecule has 2 aromatic rings. The summed E-state index contributed by atoms with van der Waals surface area (Å²) in [5.74, 6) is -0.606. The molecule has 9 heteroatoms. The summed E-state index contributed by atoms with van der Waals surface area (Å²) in [6.45, 7) is 3.87. The summed E-state index contributed by atoms with van der Waals surface area (Å²) >= 11 is 0. The number of hydrogen-bond acceptors (Lipinski definition) is 7.